The molecule has 2 N–H and O–H groups in total. The van der Waals surface area contributed by atoms with Gasteiger partial charge in [-0.1, -0.05) is 12.2 Å². The fourth-order valence-electron chi connectivity index (χ4n) is 4.71. The third-order valence-electron chi connectivity index (χ3n) is 6.14. The lowest BCUT2D eigenvalue weighted by molar-refractivity contribution is -0.384. The summed E-state index contributed by atoms with van der Waals surface area (Å²) >= 11 is 0. The predicted molar refractivity (Wildman–Crippen MR) is 104 cm³/mol. The summed E-state index contributed by atoms with van der Waals surface area (Å²) in [6.07, 6.45) is 6.04. The molecule has 1 aromatic rings. The van der Waals surface area contributed by atoms with Crippen molar-refractivity contribution in [2.75, 3.05) is 18.4 Å². The molecule has 1 heterocycles. The summed E-state index contributed by atoms with van der Waals surface area (Å²) in [5, 5.41) is 16.1. The number of nitrogens with one attached hydrogen (secondary N) is 2. The number of anilines is 1. The molecule has 4 unspecified atom stereocenters. The fourth-order valence-corrected chi connectivity index (χ4v) is 4.71. The number of urea groups is 1. The van der Waals surface area contributed by atoms with E-state index in [0.717, 1.165) is 12.8 Å². The molecule has 4 aliphatic rings. The first-order valence-electron chi connectivity index (χ1n) is 9.70. The highest BCUT2D eigenvalue weighted by molar-refractivity contribution is 6.06. The van der Waals surface area contributed by atoms with Crippen LogP contribution in [-0.4, -0.2) is 40.8 Å². The van der Waals surface area contributed by atoms with Gasteiger partial charge in [-0.3, -0.25) is 24.6 Å². The molecule has 2 bridgehead atoms. The SMILES string of the molecule is Cc1cc([N+](=O)[O-])ccc1NC(=O)NCCN1C(=O)C2C3C=CC(CC3)C2C1=O. The first-order chi connectivity index (χ1) is 13.9. The van der Waals surface area contributed by atoms with Gasteiger partial charge < -0.3 is 10.6 Å². The molecular formula is C20H22N4O5. The molecule has 152 valence electrons. The molecule has 1 saturated heterocycles. The number of amides is 4. The van der Waals surface area contributed by atoms with Crippen LogP contribution in [0.4, 0.5) is 16.2 Å². The maximum atomic E-state index is 12.7. The van der Waals surface area contributed by atoms with Crippen LogP contribution in [0.5, 0.6) is 0 Å². The van der Waals surface area contributed by atoms with E-state index in [0.29, 0.717) is 11.3 Å². The van der Waals surface area contributed by atoms with Crippen LogP contribution < -0.4 is 10.6 Å². The van der Waals surface area contributed by atoms with E-state index < -0.39 is 11.0 Å². The molecule has 4 atom stereocenters. The van der Waals surface area contributed by atoms with Crippen molar-refractivity contribution in [1.82, 2.24) is 10.2 Å². The van der Waals surface area contributed by atoms with Crippen molar-refractivity contribution in [3.8, 4) is 0 Å². The number of allylic oxidation sites excluding steroid dienone is 2. The van der Waals surface area contributed by atoms with E-state index in [2.05, 4.69) is 22.8 Å². The zero-order valence-corrected chi connectivity index (χ0v) is 16.0. The van der Waals surface area contributed by atoms with Gasteiger partial charge in [0.15, 0.2) is 0 Å². The Hall–Kier alpha value is -3.23. The summed E-state index contributed by atoms with van der Waals surface area (Å²) < 4.78 is 0. The summed E-state index contributed by atoms with van der Waals surface area (Å²) in [4.78, 5) is 49.2. The fraction of sp³-hybridized carbons (Fsp3) is 0.450. The number of nitrogens with zero attached hydrogens (tertiary/aromatic N) is 2. The smallest absolute Gasteiger partial charge is 0.319 e. The molecule has 5 rings (SSSR count). The predicted octanol–water partition coefficient (Wildman–Crippen LogP) is 2.22. The maximum absolute atomic E-state index is 12.7. The standard InChI is InChI=1S/C20H22N4O5/c1-11-10-14(24(28)29)6-7-15(11)22-20(27)21-8-9-23-18(25)16-12-2-3-13(5-4-12)17(16)19(23)26/h2-3,6-7,10,12-13,16-17H,4-5,8-9H2,1H3,(H2,21,22,27). The number of nitro groups is 1. The summed E-state index contributed by atoms with van der Waals surface area (Å²) in [7, 11) is 0. The average Bonchev–Trinajstić information content (AvgIpc) is 2.97. The Morgan fingerprint density at radius 2 is 1.79 bits per heavy atom. The van der Waals surface area contributed by atoms with Crippen molar-refractivity contribution in [3.63, 3.8) is 0 Å². The van der Waals surface area contributed by atoms with E-state index in [1.807, 2.05) is 0 Å². The number of benzene rings is 1. The van der Waals surface area contributed by atoms with Gasteiger partial charge in [0.05, 0.1) is 16.8 Å². The summed E-state index contributed by atoms with van der Waals surface area (Å²) in [6.45, 7) is 1.93. The monoisotopic (exact) mass is 398 g/mol. The Balaban J connectivity index is 1.31. The summed E-state index contributed by atoms with van der Waals surface area (Å²) in [5.41, 5.74) is 0.964. The highest BCUT2D eigenvalue weighted by atomic mass is 16.6. The largest absolute Gasteiger partial charge is 0.336 e. The third-order valence-corrected chi connectivity index (χ3v) is 6.14. The summed E-state index contributed by atoms with van der Waals surface area (Å²) in [6, 6.07) is 3.66. The topological polar surface area (TPSA) is 122 Å². The van der Waals surface area contributed by atoms with E-state index in [1.165, 1.54) is 23.1 Å². The number of non-ortho nitro benzene ring substituents is 1. The second-order valence-electron chi connectivity index (χ2n) is 7.81. The van der Waals surface area contributed by atoms with E-state index >= 15 is 0 Å². The van der Waals surface area contributed by atoms with Gasteiger partial charge in [0.2, 0.25) is 11.8 Å². The van der Waals surface area contributed by atoms with Crippen LogP contribution in [0, 0.1) is 40.7 Å². The summed E-state index contributed by atoms with van der Waals surface area (Å²) in [5.74, 6) is -0.466. The van der Waals surface area contributed by atoms with Crippen molar-refractivity contribution in [2.45, 2.75) is 19.8 Å². The zero-order valence-electron chi connectivity index (χ0n) is 16.0. The van der Waals surface area contributed by atoms with E-state index in [4.69, 9.17) is 0 Å². The van der Waals surface area contributed by atoms with Gasteiger partial charge in [0, 0.05) is 30.9 Å². The first kappa shape index (κ1) is 19.1. The number of fused-ring (bicyclic) bond motifs is 1. The van der Waals surface area contributed by atoms with Crippen molar-refractivity contribution >= 4 is 29.2 Å². The van der Waals surface area contributed by atoms with Gasteiger partial charge >= 0.3 is 6.03 Å². The molecule has 2 fully saturated rings. The molecular weight excluding hydrogens is 376 g/mol. The van der Waals surface area contributed by atoms with Crippen LogP contribution in [0.15, 0.2) is 30.4 Å². The van der Waals surface area contributed by atoms with Crippen molar-refractivity contribution in [1.29, 1.82) is 0 Å². The van der Waals surface area contributed by atoms with Crippen LogP contribution >= 0.6 is 0 Å². The van der Waals surface area contributed by atoms with E-state index in [1.54, 1.807) is 6.92 Å². The second-order valence-corrected chi connectivity index (χ2v) is 7.81. The molecule has 9 heteroatoms. The van der Waals surface area contributed by atoms with Gasteiger partial charge in [0.25, 0.3) is 5.69 Å². The Kier molecular flexibility index (Phi) is 4.81. The lowest BCUT2D eigenvalue weighted by atomic mass is 9.63. The minimum absolute atomic E-state index is 0.0514. The molecule has 0 spiro atoms. The molecule has 1 saturated carbocycles. The van der Waals surface area contributed by atoms with Crippen LogP contribution in [0.2, 0.25) is 0 Å². The van der Waals surface area contributed by atoms with Crippen molar-refractivity contribution in [2.24, 2.45) is 23.7 Å². The Bertz CT molecular complexity index is 895. The number of aryl methyl sites for hydroxylation is 1. The van der Waals surface area contributed by atoms with Crippen molar-refractivity contribution in [3.05, 3.63) is 46.0 Å². The van der Waals surface area contributed by atoms with Gasteiger partial charge in [-0.2, -0.15) is 0 Å². The van der Waals surface area contributed by atoms with E-state index in [9.17, 15) is 24.5 Å². The number of nitro benzene ring substituents is 1. The minimum Gasteiger partial charge on any atom is -0.336 e. The molecule has 9 nitrogen and oxygen atoms in total. The lowest BCUT2D eigenvalue weighted by Crippen LogP contribution is -2.40. The van der Waals surface area contributed by atoms with Gasteiger partial charge in [-0.15, -0.1) is 0 Å². The quantitative estimate of drug-likeness (QED) is 0.341. The molecule has 0 aromatic heterocycles. The molecule has 1 aromatic carbocycles. The van der Waals surface area contributed by atoms with Crippen LogP contribution in [-0.2, 0) is 9.59 Å². The Labute approximate surface area is 167 Å². The first-order valence-corrected chi connectivity index (χ1v) is 9.70. The number of hydrogen-bond acceptors (Lipinski definition) is 5. The highest BCUT2D eigenvalue weighted by Gasteiger charge is 2.56. The molecule has 1 aliphatic heterocycles. The van der Waals surface area contributed by atoms with Crippen molar-refractivity contribution < 1.29 is 19.3 Å². The van der Waals surface area contributed by atoms with Gasteiger partial charge in [-0.05, 0) is 43.2 Å². The Morgan fingerprint density at radius 3 is 2.31 bits per heavy atom. The minimum atomic E-state index is -0.500. The van der Waals surface area contributed by atoms with Crippen LogP contribution in [0.3, 0.4) is 0 Å². The Morgan fingerprint density at radius 1 is 1.17 bits per heavy atom. The molecule has 0 radical (unpaired) electrons. The van der Waals surface area contributed by atoms with Gasteiger partial charge in [0.1, 0.15) is 0 Å². The second kappa shape index (κ2) is 7.31. The number of carbonyl (C=O) groups excluding carboxylic acids is 3. The van der Waals surface area contributed by atoms with Crippen LogP contribution in [0.1, 0.15) is 18.4 Å². The molecule has 29 heavy (non-hydrogen) atoms. The normalized spacial score (nSPS) is 27.1. The average molecular weight is 398 g/mol. The number of rotatable bonds is 5. The highest BCUT2D eigenvalue weighted by Crippen LogP contribution is 2.49. The number of likely N-dealkylation sites (tertiary alicyclic amines) is 1. The molecule has 4 amide bonds. The number of imide groups is 1. The number of carbonyl (C=O) groups is 3. The number of hydrogen-bond donors (Lipinski definition) is 2. The van der Waals surface area contributed by atoms with Crippen LogP contribution in [0.25, 0.3) is 0 Å². The van der Waals surface area contributed by atoms with Gasteiger partial charge in [-0.25, -0.2) is 4.79 Å². The van der Waals surface area contributed by atoms with E-state index in [-0.39, 0.29) is 54.3 Å². The third kappa shape index (κ3) is 3.37. The lowest BCUT2D eigenvalue weighted by Gasteiger charge is -2.38. The zero-order chi connectivity index (χ0) is 20.7. The molecule has 3 aliphatic carbocycles. The maximum Gasteiger partial charge on any atom is 0.319 e.